The van der Waals surface area contributed by atoms with Crippen LogP contribution in [-0.4, -0.2) is 25.4 Å². The fourth-order valence-corrected chi connectivity index (χ4v) is 2.10. The van der Waals surface area contributed by atoms with Crippen LogP contribution < -0.4 is 10.1 Å². The highest BCUT2D eigenvalue weighted by atomic mass is 19.3. The van der Waals surface area contributed by atoms with Crippen LogP contribution in [0.4, 0.5) is 14.5 Å². The predicted molar refractivity (Wildman–Crippen MR) is 65.1 cm³/mol. The van der Waals surface area contributed by atoms with Crippen molar-refractivity contribution in [2.45, 2.75) is 38.5 Å². The summed E-state index contributed by atoms with van der Waals surface area (Å²) >= 11 is 0. The quantitative estimate of drug-likeness (QED) is 0.898. The third-order valence-electron chi connectivity index (χ3n) is 2.94. The number of benzene rings is 1. The molecule has 100 valence electrons. The first-order valence-electron chi connectivity index (χ1n) is 6.06. The van der Waals surface area contributed by atoms with Gasteiger partial charge in [-0.1, -0.05) is 0 Å². The lowest BCUT2D eigenvalue weighted by Gasteiger charge is -2.28. The van der Waals surface area contributed by atoms with Crippen molar-refractivity contribution >= 4 is 5.69 Å². The van der Waals surface area contributed by atoms with Gasteiger partial charge in [-0.15, -0.1) is 0 Å². The van der Waals surface area contributed by atoms with Gasteiger partial charge in [0.15, 0.2) is 0 Å². The third kappa shape index (κ3) is 3.84. The fourth-order valence-electron chi connectivity index (χ4n) is 2.10. The molecule has 2 rings (SSSR count). The first-order chi connectivity index (χ1) is 8.63. The summed E-state index contributed by atoms with van der Waals surface area (Å²) in [5, 5.41) is 3.37. The first-order valence-corrected chi connectivity index (χ1v) is 6.06. The van der Waals surface area contributed by atoms with E-state index in [-0.39, 0.29) is 11.9 Å². The van der Waals surface area contributed by atoms with Crippen LogP contribution in [0.1, 0.15) is 19.8 Å². The molecule has 0 aromatic heterocycles. The normalized spacial score (nSPS) is 24.0. The molecule has 1 aromatic carbocycles. The monoisotopic (exact) mass is 257 g/mol. The topological polar surface area (TPSA) is 30.5 Å². The molecule has 1 aliphatic heterocycles. The van der Waals surface area contributed by atoms with Crippen molar-refractivity contribution in [2.24, 2.45) is 0 Å². The minimum Gasteiger partial charge on any atom is -0.435 e. The Balaban J connectivity index is 1.89. The lowest BCUT2D eigenvalue weighted by atomic mass is 10.0. The lowest BCUT2D eigenvalue weighted by Crippen LogP contribution is -2.32. The maximum Gasteiger partial charge on any atom is 0.387 e. The molecular weight excluding hydrogens is 240 g/mol. The van der Waals surface area contributed by atoms with E-state index in [1.165, 1.54) is 12.1 Å². The van der Waals surface area contributed by atoms with Crippen LogP contribution in [0.3, 0.4) is 0 Å². The number of alkyl halides is 2. The van der Waals surface area contributed by atoms with E-state index < -0.39 is 6.61 Å². The van der Waals surface area contributed by atoms with Crippen molar-refractivity contribution in [2.75, 3.05) is 11.9 Å². The van der Waals surface area contributed by atoms with Crippen LogP contribution in [0.2, 0.25) is 0 Å². The molecule has 0 saturated carbocycles. The Morgan fingerprint density at radius 3 is 2.67 bits per heavy atom. The van der Waals surface area contributed by atoms with Gasteiger partial charge in [-0.05, 0) is 44.0 Å². The van der Waals surface area contributed by atoms with Gasteiger partial charge in [-0.3, -0.25) is 0 Å². The smallest absolute Gasteiger partial charge is 0.387 e. The Kier molecular flexibility index (Phi) is 4.36. The van der Waals surface area contributed by atoms with Crippen molar-refractivity contribution in [3.05, 3.63) is 24.3 Å². The van der Waals surface area contributed by atoms with Crippen LogP contribution in [0.15, 0.2) is 24.3 Å². The SMILES string of the molecule is CC1CC(Nc2ccc(OC(F)F)cc2)CCO1. The van der Waals surface area contributed by atoms with E-state index >= 15 is 0 Å². The van der Waals surface area contributed by atoms with Crippen LogP contribution in [0, 0.1) is 0 Å². The number of ether oxygens (including phenoxy) is 2. The van der Waals surface area contributed by atoms with Crippen molar-refractivity contribution in [3.8, 4) is 5.75 Å². The van der Waals surface area contributed by atoms with Crippen molar-refractivity contribution in [1.82, 2.24) is 0 Å². The minimum atomic E-state index is -2.78. The molecule has 1 aliphatic rings. The maximum atomic E-state index is 12.0. The van der Waals surface area contributed by atoms with Gasteiger partial charge in [0.05, 0.1) is 6.10 Å². The fraction of sp³-hybridized carbons (Fsp3) is 0.538. The van der Waals surface area contributed by atoms with E-state index in [0.29, 0.717) is 6.04 Å². The number of hydrogen-bond acceptors (Lipinski definition) is 3. The average Bonchev–Trinajstić information content (AvgIpc) is 2.31. The van der Waals surface area contributed by atoms with E-state index in [9.17, 15) is 8.78 Å². The van der Waals surface area contributed by atoms with Crippen molar-refractivity contribution in [3.63, 3.8) is 0 Å². The Labute approximate surface area is 105 Å². The lowest BCUT2D eigenvalue weighted by molar-refractivity contribution is -0.0498. The zero-order valence-electron chi connectivity index (χ0n) is 10.2. The molecule has 1 N–H and O–H groups in total. The van der Waals surface area contributed by atoms with Gasteiger partial charge in [-0.25, -0.2) is 0 Å². The van der Waals surface area contributed by atoms with E-state index in [1.807, 2.05) is 6.92 Å². The molecule has 5 heteroatoms. The van der Waals surface area contributed by atoms with Gasteiger partial charge in [0.25, 0.3) is 0 Å². The van der Waals surface area contributed by atoms with Gasteiger partial charge in [0.1, 0.15) is 5.75 Å². The van der Waals surface area contributed by atoms with Gasteiger partial charge in [-0.2, -0.15) is 8.78 Å². The average molecular weight is 257 g/mol. The van der Waals surface area contributed by atoms with Crippen molar-refractivity contribution < 1.29 is 18.3 Å². The predicted octanol–water partition coefficient (Wildman–Crippen LogP) is 3.27. The summed E-state index contributed by atoms with van der Waals surface area (Å²) in [6.45, 7) is 0.0268. The summed E-state index contributed by atoms with van der Waals surface area (Å²) in [6, 6.07) is 6.94. The summed E-state index contributed by atoms with van der Waals surface area (Å²) in [6.07, 6.45) is 2.17. The number of hydrogen-bond donors (Lipinski definition) is 1. The molecule has 1 fully saturated rings. The summed E-state index contributed by atoms with van der Waals surface area (Å²) < 4.78 is 33.7. The van der Waals surface area contributed by atoms with Crippen LogP contribution in [-0.2, 0) is 4.74 Å². The highest BCUT2D eigenvalue weighted by Gasteiger charge is 2.18. The second kappa shape index (κ2) is 6.00. The number of rotatable bonds is 4. The number of halogens is 2. The molecule has 0 bridgehead atoms. The molecule has 18 heavy (non-hydrogen) atoms. The summed E-state index contributed by atoms with van der Waals surface area (Å²) in [7, 11) is 0. The largest absolute Gasteiger partial charge is 0.435 e. The Morgan fingerprint density at radius 1 is 1.33 bits per heavy atom. The number of nitrogens with one attached hydrogen (secondary N) is 1. The molecule has 0 amide bonds. The summed E-state index contributed by atoms with van der Waals surface area (Å²) in [5.41, 5.74) is 0.913. The highest BCUT2D eigenvalue weighted by molar-refractivity contribution is 5.47. The molecule has 2 unspecified atom stereocenters. The minimum absolute atomic E-state index is 0.177. The molecule has 0 radical (unpaired) electrons. The molecule has 0 spiro atoms. The Hall–Kier alpha value is -1.36. The maximum absolute atomic E-state index is 12.0. The van der Waals surface area contributed by atoms with E-state index in [4.69, 9.17) is 4.74 Å². The third-order valence-corrected chi connectivity index (χ3v) is 2.94. The summed E-state index contributed by atoms with van der Waals surface area (Å²) in [4.78, 5) is 0. The standard InChI is InChI=1S/C13H17F2NO2/c1-9-8-11(6-7-17-9)16-10-2-4-12(5-3-10)18-13(14)15/h2-5,9,11,13,16H,6-8H2,1H3. The molecule has 3 nitrogen and oxygen atoms in total. The van der Waals surface area contributed by atoms with Gasteiger partial charge >= 0.3 is 6.61 Å². The van der Waals surface area contributed by atoms with E-state index in [0.717, 1.165) is 25.1 Å². The Morgan fingerprint density at radius 2 is 2.06 bits per heavy atom. The molecular formula is C13H17F2NO2. The number of anilines is 1. The summed E-state index contributed by atoms with van der Waals surface area (Å²) in [5.74, 6) is 0.177. The van der Waals surface area contributed by atoms with Crippen LogP contribution in [0.25, 0.3) is 0 Å². The van der Waals surface area contributed by atoms with E-state index in [1.54, 1.807) is 12.1 Å². The second-order valence-corrected chi connectivity index (χ2v) is 4.45. The van der Waals surface area contributed by atoms with Crippen LogP contribution >= 0.6 is 0 Å². The van der Waals surface area contributed by atoms with Gasteiger partial charge < -0.3 is 14.8 Å². The Bertz CT molecular complexity index is 370. The zero-order valence-corrected chi connectivity index (χ0v) is 10.2. The van der Waals surface area contributed by atoms with Crippen LogP contribution in [0.5, 0.6) is 5.75 Å². The first kappa shape index (κ1) is 13.1. The van der Waals surface area contributed by atoms with Crippen molar-refractivity contribution in [1.29, 1.82) is 0 Å². The van der Waals surface area contributed by atoms with Gasteiger partial charge in [0.2, 0.25) is 0 Å². The second-order valence-electron chi connectivity index (χ2n) is 4.45. The molecule has 2 atom stereocenters. The molecule has 1 aromatic rings. The molecule has 0 aliphatic carbocycles. The van der Waals surface area contributed by atoms with Gasteiger partial charge in [0, 0.05) is 18.3 Å². The molecule has 1 heterocycles. The van der Waals surface area contributed by atoms with E-state index in [2.05, 4.69) is 10.1 Å². The molecule has 1 saturated heterocycles. The zero-order chi connectivity index (χ0) is 13.0. The highest BCUT2D eigenvalue weighted by Crippen LogP contribution is 2.21.